The van der Waals surface area contributed by atoms with Gasteiger partial charge in [-0.15, -0.1) is 0 Å². The van der Waals surface area contributed by atoms with Crippen LogP contribution < -0.4 is 11.5 Å². The second-order valence-corrected chi connectivity index (χ2v) is 6.62. The van der Waals surface area contributed by atoms with Crippen molar-refractivity contribution in [2.24, 2.45) is 11.1 Å². The summed E-state index contributed by atoms with van der Waals surface area (Å²) < 4.78 is 7.00. The maximum atomic E-state index is 11.8. The lowest BCUT2D eigenvalue weighted by molar-refractivity contribution is 0.343. The zero-order valence-electron chi connectivity index (χ0n) is 12.8. The van der Waals surface area contributed by atoms with Gasteiger partial charge in [-0.25, -0.2) is 4.79 Å². The Hall–Kier alpha value is -1.55. The van der Waals surface area contributed by atoms with Crippen molar-refractivity contribution in [2.45, 2.75) is 53.1 Å². The first-order valence-corrected chi connectivity index (χ1v) is 7.20. The van der Waals surface area contributed by atoms with E-state index in [1.807, 2.05) is 25.1 Å². The van der Waals surface area contributed by atoms with Gasteiger partial charge in [-0.2, -0.15) is 0 Å². The van der Waals surface area contributed by atoms with E-state index in [2.05, 4.69) is 20.8 Å². The Kier molecular flexibility index (Phi) is 4.04. The third-order valence-corrected chi connectivity index (χ3v) is 3.40. The van der Waals surface area contributed by atoms with Crippen LogP contribution in [0.3, 0.4) is 0 Å². The van der Waals surface area contributed by atoms with E-state index in [4.69, 9.17) is 10.2 Å². The van der Waals surface area contributed by atoms with Crippen molar-refractivity contribution in [2.75, 3.05) is 0 Å². The predicted molar refractivity (Wildman–Crippen MR) is 81.8 cm³/mol. The lowest BCUT2D eigenvalue weighted by Crippen LogP contribution is -2.18. The molecule has 4 heteroatoms. The summed E-state index contributed by atoms with van der Waals surface area (Å²) in [7, 11) is 0. The Bertz CT molecular complexity index is 647. The van der Waals surface area contributed by atoms with Crippen LogP contribution in [0.15, 0.2) is 27.4 Å². The van der Waals surface area contributed by atoms with Crippen molar-refractivity contribution in [1.29, 1.82) is 0 Å². The van der Waals surface area contributed by atoms with Gasteiger partial charge in [0.25, 0.3) is 0 Å². The fraction of sp³-hybridized carbons (Fsp3) is 0.562. The van der Waals surface area contributed by atoms with Gasteiger partial charge in [0.1, 0.15) is 0 Å². The van der Waals surface area contributed by atoms with Gasteiger partial charge < -0.3 is 10.2 Å². The average Bonchev–Trinajstić information content (AvgIpc) is 2.63. The van der Waals surface area contributed by atoms with Gasteiger partial charge in [-0.1, -0.05) is 33.8 Å². The molecule has 0 bridgehead atoms. The lowest BCUT2D eigenvalue weighted by atomic mass is 9.86. The highest BCUT2D eigenvalue weighted by Gasteiger charge is 2.18. The normalized spacial score (nSPS) is 13.8. The summed E-state index contributed by atoms with van der Waals surface area (Å²) in [5.74, 6) is -0.289. The number of fused-ring (bicyclic) bond motifs is 1. The van der Waals surface area contributed by atoms with Gasteiger partial charge in [0.2, 0.25) is 0 Å². The first-order chi connectivity index (χ1) is 9.31. The molecule has 110 valence electrons. The van der Waals surface area contributed by atoms with Crippen molar-refractivity contribution < 1.29 is 4.42 Å². The fourth-order valence-electron chi connectivity index (χ4n) is 2.53. The highest BCUT2D eigenvalue weighted by Crippen LogP contribution is 2.29. The van der Waals surface area contributed by atoms with Crippen LogP contribution in [0.4, 0.5) is 0 Å². The number of benzene rings is 1. The molecule has 1 atom stereocenters. The zero-order chi connectivity index (χ0) is 14.9. The molecular formula is C16H24N2O2. The van der Waals surface area contributed by atoms with Crippen molar-refractivity contribution >= 4 is 11.1 Å². The number of hydrogen-bond acceptors (Lipinski definition) is 3. The molecular weight excluding hydrogens is 252 g/mol. The Morgan fingerprint density at radius 3 is 2.65 bits per heavy atom. The number of nitrogens with zero attached hydrogens (tertiary/aromatic N) is 1. The minimum atomic E-state index is -0.289. The predicted octanol–water partition coefficient (Wildman–Crippen LogP) is 3.44. The summed E-state index contributed by atoms with van der Waals surface area (Å²) in [4.78, 5) is 11.8. The van der Waals surface area contributed by atoms with Crippen LogP contribution in [-0.4, -0.2) is 4.57 Å². The maximum absolute atomic E-state index is 11.8. The third-order valence-electron chi connectivity index (χ3n) is 3.40. The van der Waals surface area contributed by atoms with E-state index in [1.165, 1.54) is 0 Å². The smallest absolute Gasteiger partial charge is 0.408 e. The van der Waals surface area contributed by atoms with Crippen LogP contribution in [0, 0.1) is 5.41 Å². The molecule has 4 nitrogen and oxygen atoms in total. The molecule has 2 rings (SSSR count). The molecule has 0 saturated heterocycles. The summed E-state index contributed by atoms with van der Waals surface area (Å²) >= 11 is 0. The van der Waals surface area contributed by atoms with Crippen molar-refractivity contribution in [1.82, 2.24) is 4.57 Å². The number of aryl methyl sites for hydroxylation is 1. The summed E-state index contributed by atoms with van der Waals surface area (Å²) in [5, 5.41) is 0. The standard InChI is InChI=1S/C16H24N2O2/c1-5-8-18-13-7-6-11(9-14(13)20-15(18)19)12(17)10-16(2,3)4/h6-7,9,12H,5,8,10,17H2,1-4H3. The zero-order valence-corrected chi connectivity index (χ0v) is 12.8. The Balaban J connectivity index is 2.37. The van der Waals surface area contributed by atoms with Crippen molar-refractivity contribution in [3.63, 3.8) is 0 Å². The van der Waals surface area contributed by atoms with Crippen LogP contribution in [0.1, 0.15) is 52.1 Å². The van der Waals surface area contributed by atoms with E-state index in [0.717, 1.165) is 23.9 Å². The first-order valence-electron chi connectivity index (χ1n) is 7.20. The molecule has 2 N–H and O–H groups in total. The van der Waals surface area contributed by atoms with Crippen LogP contribution in [0.2, 0.25) is 0 Å². The topological polar surface area (TPSA) is 61.2 Å². The quantitative estimate of drug-likeness (QED) is 0.930. The summed E-state index contributed by atoms with van der Waals surface area (Å²) in [6, 6.07) is 5.80. The van der Waals surface area contributed by atoms with Gasteiger partial charge in [-0.05, 0) is 36.0 Å². The molecule has 0 radical (unpaired) electrons. The van der Waals surface area contributed by atoms with Gasteiger partial charge in [0, 0.05) is 12.6 Å². The molecule has 1 heterocycles. The average molecular weight is 276 g/mol. The number of oxazole rings is 1. The van der Waals surface area contributed by atoms with E-state index in [-0.39, 0.29) is 17.2 Å². The highest BCUT2D eigenvalue weighted by molar-refractivity contribution is 5.73. The minimum Gasteiger partial charge on any atom is -0.408 e. The third kappa shape index (κ3) is 3.12. The fourth-order valence-corrected chi connectivity index (χ4v) is 2.53. The minimum absolute atomic E-state index is 0.0424. The van der Waals surface area contributed by atoms with Crippen LogP contribution in [0.5, 0.6) is 0 Å². The van der Waals surface area contributed by atoms with E-state index < -0.39 is 0 Å². The number of nitrogens with two attached hydrogens (primary N) is 1. The molecule has 2 aromatic rings. The van der Waals surface area contributed by atoms with Crippen LogP contribution >= 0.6 is 0 Å². The number of rotatable bonds is 4. The maximum Gasteiger partial charge on any atom is 0.419 e. The molecule has 1 aromatic carbocycles. The lowest BCUT2D eigenvalue weighted by Gasteiger charge is -2.23. The molecule has 1 aromatic heterocycles. The summed E-state index contributed by atoms with van der Waals surface area (Å²) in [6.45, 7) is 9.23. The number of aromatic nitrogens is 1. The molecule has 0 aliphatic rings. The SMILES string of the molecule is CCCn1c(=O)oc2cc(C(N)CC(C)(C)C)ccc21. The molecule has 0 spiro atoms. The number of hydrogen-bond donors (Lipinski definition) is 1. The molecule has 0 fully saturated rings. The van der Waals surface area contributed by atoms with Gasteiger partial charge in [-0.3, -0.25) is 4.57 Å². The second-order valence-electron chi connectivity index (χ2n) is 6.62. The van der Waals surface area contributed by atoms with Crippen molar-refractivity contribution in [3.8, 4) is 0 Å². The van der Waals surface area contributed by atoms with E-state index in [1.54, 1.807) is 4.57 Å². The summed E-state index contributed by atoms with van der Waals surface area (Å²) in [6.07, 6.45) is 1.79. The molecule has 0 aliphatic heterocycles. The molecule has 0 amide bonds. The van der Waals surface area contributed by atoms with Crippen LogP contribution in [-0.2, 0) is 6.54 Å². The van der Waals surface area contributed by atoms with E-state index >= 15 is 0 Å². The molecule has 1 unspecified atom stereocenters. The highest BCUT2D eigenvalue weighted by atomic mass is 16.4. The second kappa shape index (κ2) is 5.44. The largest absolute Gasteiger partial charge is 0.419 e. The van der Waals surface area contributed by atoms with Crippen molar-refractivity contribution in [3.05, 3.63) is 34.3 Å². The summed E-state index contributed by atoms with van der Waals surface area (Å²) in [5.41, 5.74) is 8.92. The van der Waals surface area contributed by atoms with Gasteiger partial charge in [0.05, 0.1) is 5.52 Å². The molecule has 0 saturated carbocycles. The van der Waals surface area contributed by atoms with Crippen LogP contribution in [0.25, 0.3) is 11.1 Å². The monoisotopic (exact) mass is 276 g/mol. The van der Waals surface area contributed by atoms with Gasteiger partial charge in [0.15, 0.2) is 5.58 Å². The van der Waals surface area contributed by atoms with Gasteiger partial charge >= 0.3 is 5.76 Å². The Morgan fingerprint density at radius 1 is 1.35 bits per heavy atom. The van der Waals surface area contributed by atoms with E-state index in [0.29, 0.717) is 12.1 Å². The Morgan fingerprint density at radius 2 is 2.05 bits per heavy atom. The van der Waals surface area contributed by atoms with E-state index in [9.17, 15) is 4.79 Å². The first kappa shape index (κ1) is 14.9. The molecule has 20 heavy (non-hydrogen) atoms. The molecule has 0 aliphatic carbocycles. The Labute approximate surface area is 119 Å².